The molecule has 0 aromatic heterocycles. The molecule has 154 valence electrons. The molecular weight excluding hydrogens is 459 g/mol. The number of halogens is 3. The zero-order valence-corrected chi connectivity index (χ0v) is 18.3. The highest BCUT2D eigenvalue weighted by molar-refractivity contribution is 6.42. The number of fused-ring (bicyclic) bond motifs is 2. The van der Waals surface area contributed by atoms with Crippen LogP contribution in [0.15, 0.2) is 42.5 Å². The maximum absolute atomic E-state index is 10.3. The molecule has 2 aromatic carbocycles. The lowest BCUT2D eigenvalue weighted by Gasteiger charge is -2.48. The Morgan fingerprint density at radius 1 is 0.935 bits per heavy atom. The Balaban J connectivity index is 2.04. The molecule has 2 fully saturated rings. The summed E-state index contributed by atoms with van der Waals surface area (Å²) in [5.74, 6) is -2.95. The van der Waals surface area contributed by atoms with Crippen molar-refractivity contribution in [1.82, 2.24) is 0 Å². The van der Waals surface area contributed by atoms with Crippen molar-refractivity contribution >= 4 is 40.7 Å². The van der Waals surface area contributed by atoms with Gasteiger partial charge >= 0.3 is 0 Å². The van der Waals surface area contributed by atoms with E-state index in [2.05, 4.69) is 6.07 Å². The van der Waals surface area contributed by atoms with Crippen molar-refractivity contribution in [2.75, 3.05) is 0 Å². The van der Waals surface area contributed by atoms with Crippen molar-refractivity contribution in [3.63, 3.8) is 0 Å². The fraction of sp³-hybridized carbons (Fsp3) is 0.273. The molecule has 4 rings (SSSR count). The number of nitriles is 3. The molecular formula is C22H13Cl3N4O2. The van der Waals surface area contributed by atoms with Crippen LogP contribution in [0.25, 0.3) is 0 Å². The van der Waals surface area contributed by atoms with Crippen molar-refractivity contribution in [1.29, 1.82) is 21.2 Å². The van der Waals surface area contributed by atoms with Crippen LogP contribution in [0.1, 0.15) is 24.2 Å². The van der Waals surface area contributed by atoms with Gasteiger partial charge in [0.05, 0.1) is 34.2 Å². The Labute approximate surface area is 193 Å². The van der Waals surface area contributed by atoms with E-state index in [1.807, 2.05) is 12.1 Å². The summed E-state index contributed by atoms with van der Waals surface area (Å²) < 4.78 is 12.3. The highest BCUT2D eigenvalue weighted by atomic mass is 35.5. The lowest BCUT2D eigenvalue weighted by atomic mass is 9.53. The van der Waals surface area contributed by atoms with E-state index >= 15 is 0 Å². The molecule has 2 aromatic rings. The third-order valence-corrected chi connectivity index (χ3v) is 7.15. The van der Waals surface area contributed by atoms with Gasteiger partial charge in [-0.1, -0.05) is 59.9 Å². The number of nitrogens with one attached hydrogen (secondary N) is 1. The Morgan fingerprint density at radius 2 is 1.58 bits per heavy atom. The fourth-order valence-electron chi connectivity index (χ4n) is 4.53. The van der Waals surface area contributed by atoms with Crippen LogP contribution in [-0.2, 0) is 15.3 Å². The van der Waals surface area contributed by atoms with Crippen LogP contribution in [0.4, 0.5) is 0 Å². The molecule has 4 unspecified atom stereocenters. The second-order valence-corrected chi connectivity index (χ2v) is 8.70. The van der Waals surface area contributed by atoms with Crippen molar-refractivity contribution in [3.8, 4) is 18.2 Å². The fourth-order valence-corrected chi connectivity index (χ4v) is 4.96. The molecule has 2 bridgehead atoms. The van der Waals surface area contributed by atoms with Gasteiger partial charge in [0.1, 0.15) is 6.10 Å². The first kappa shape index (κ1) is 21.4. The van der Waals surface area contributed by atoms with Gasteiger partial charge in [-0.05, 0) is 29.8 Å². The Bertz CT molecular complexity index is 1210. The van der Waals surface area contributed by atoms with Gasteiger partial charge in [-0.2, -0.15) is 15.8 Å². The molecule has 1 N–H and O–H groups in total. The maximum atomic E-state index is 10.3. The zero-order chi connectivity index (χ0) is 22.6. The van der Waals surface area contributed by atoms with Crippen molar-refractivity contribution in [3.05, 3.63) is 68.7 Å². The predicted octanol–water partition coefficient (Wildman–Crippen LogP) is 5.76. The van der Waals surface area contributed by atoms with Crippen LogP contribution in [0.3, 0.4) is 0 Å². The smallest absolute Gasteiger partial charge is 0.244 e. The van der Waals surface area contributed by atoms with Gasteiger partial charge in [-0.15, -0.1) is 0 Å². The number of hydrogen-bond acceptors (Lipinski definition) is 6. The average Bonchev–Trinajstić information content (AvgIpc) is 2.92. The summed E-state index contributed by atoms with van der Waals surface area (Å²) in [4.78, 5) is 0. The first-order valence-electron chi connectivity index (χ1n) is 9.13. The molecule has 0 saturated carbocycles. The van der Waals surface area contributed by atoms with Gasteiger partial charge in [-0.25, -0.2) is 0 Å². The van der Waals surface area contributed by atoms with Crippen LogP contribution in [0.5, 0.6) is 0 Å². The number of ether oxygens (including phenoxy) is 2. The minimum Gasteiger partial charge on any atom is -0.443 e. The molecule has 2 saturated heterocycles. The second-order valence-electron chi connectivity index (χ2n) is 7.45. The van der Waals surface area contributed by atoms with Crippen molar-refractivity contribution in [2.45, 2.75) is 18.8 Å². The topological polar surface area (TPSA) is 114 Å². The van der Waals surface area contributed by atoms with E-state index in [-0.39, 0.29) is 10.0 Å². The van der Waals surface area contributed by atoms with E-state index in [9.17, 15) is 15.8 Å². The van der Waals surface area contributed by atoms with Gasteiger partial charge in [0.25, 0.3) is 0 Å². The average molecular weight is 472 g/mol. The quantitative estimate of drug-likeness (QED) is 0.598. The second kappa shape index (κ2) is 7.13. The van der Waals surface area contributed by atoms with E-state index in [4.69, 9.17) is 49.7 Å². The summed E-state index contributed by atoms with van der Waals surface area (Å²) in [6.07, 6.45) is -1.26. The van der Waals surface area contributed by atoms with Gasteiger partial charge in [0, 0.05) is 10.6 Å². The SMILES string of the molecule is CC1C2(c3ccc(Cl)cc3)OC(=N)C1(C#N)C(C#N)(C#N)C(c1ccc(Cl)c(Cl)c1)O2. The first-order chi connectivity index (χ1) is 14.7. The molecule has 0 aliphatic carbocycles. The molecule has 2 heterocycles. The van der Waals surface area contributed by atoms with Crippen LogP contribution >= 0.6 is 34.8 Å². The zero-order valence-electron chi connectivity index (χ0n) is 16.0. The van der Waals surface area contributed by atoms with Crippen LogP contribution in [-0.4, -0.2) is 5.90 Å². The summed E-state index contributed by atoms with van der Waals surface area (Å²) in [7, 11) is 0. The Kier molecular flexibility index (Phi) is 4.93. The standard InChI is InChI=1S/C22H13Cl3N4O2/c1-12-21(11-28)19(29)31-22(12,14-3-5-15(23)6-4-14)30-18(20(21,9-26)10-27)13-2-7-16(24)17(25)8-13/h2-8,12,18,29H,1H3. The molecule has 2 aliphatic rings. The molecule has 31 heavy (non-hydrogen) atoms. The first-order valence-corrected chi connectivity index (χ1v) is 10.3. The molecule has 6 nitrogen and oxygen atoms in total. The third kappa shape index (κ3) is 2.56. The summed E-state index contributed by atoms with van der Waals surface area (Å²) in [5.41, 5.74) is -3.12. The predicted molar refractivity (Wildman–Crippen MR) is 113 cm³/mol. The van der Waals surface area contributed by atoms with Gasteiger partial charge in [0.15, 0.2) is 5.41 Å². The summed E-state index contributed by atoms with van der Waals surface area (Å²) in [6, 6.07) is 17.2. The summed E-state index contributed by atoms with van der Waals surface area (Å²) in [5, 5.41) is 40.2. The van der Waals surface area contributed by atoms with Gasteiger partial charge in [0.2, 0.25) is 17.1 Å². The number of rotatable bonds is 2. The van der Waals surface area contributed by atoms with E-state index in [1.54, 1.807) is 37.3 Å². The van der Waals surface area contributed by atoms with Crippen molar-refractivity contribution < 1.29 is 9.47 Å². The highest BCUT2D eigenvalue weighted by Crippen LogP contribution is 2.69. The monoisotopic (exact) mass is 470 g/mol. The summed E-state index contributed by atoms with van der Waals surface area (Å²) in [6.45, 7) is 1.63. The number of nitrogens with zero attached hydrogens (tertiary/aromatic N) is 3. The lowest BCUT2D eigenvalue weighted by Crippen LogP contribution is -2.57. The minimum absolute atomic E-state index is 0.195. The summed E-state index contributed by atoms with van der Waals surface area (Å²) >= 11 is 18.3. The van der Waals surface area contributed by atoms with E-state index in [0.717, 1.165) is 0 Å². The maximum Gasteiger partial charge on any atom is 0.244 e. The molecule has 9 heteroatoms. The van der Waals surface area contributed by atoms with Crippen molar-refractivity contribution in [2.24, 2.45) is 16.7 Å². The van der Waals surface area contributed by atoms with Crippen LogP contribution in [0.2, 0.25) is 15.1 Å². The van der Waals surface area contributed by atoms with E-state index in [0.29, 0.717) is 16.1 Å². The Morgan fingerprint density at radius 3 is 2.13 bits per heavy atom. The van der Waals surface area contributed by atoms with Gasteiger partial charge in [-0.3, -0.25) is 5.41 Å². The van der Waals surface area contributed by atoms with Gasteiger partial charge < -0.3 is 9.47 Å². The highest BCUT2D eigenvalue weighted by Gasteiger charge is 2.79. The normalized spacial score (nSPS) is 30.5. The molecule has 0 spiro atoms. The molecule has 2 aliphatic heterocycles. The lowest BCUT2D eigenvalue weighted by molar-refractivity contribution is -0.288. The third-order valence-electron chi connectivity index (χ3n) is 6.16. The van der Waals surface area contributed by atoms with Crippen LogP contribution < -0.4 is 0 Å². The van der Waals surface area contributed by atoms with Crippen LogP contribution in [0, 0.1) is 56.2 Å². The minimum atomic E-state index is -2.08. The van der Waals surface area contributed by atoms with E-state index < -0.39 is 34.5 Å². The molecule has 0 amide bonds. The molecule has 0 radical (unpaired) electrons. The largest absolute Gasteiger partial charge is 0.443 e. The van der Waals surface area contributed by atoms with E-state index in [1.165, 1.54) is 12.1 Å². The number of hydrogen-bond donors (Lipinski definition) is 1. The Hall–Kier alpha value is -2.79. The molecule has 4 atom stereocenters. The number of benzene rings is 2.